The Morgan fingerprint density at radius 3 is 2.60 bits per heavy atom. The quantitative estimate of drug-likeness (QED) is 0.875. The second kappa shape index (κ2) is 8.21. The fourth-order valence-electron chi connectivity index (χ4n) is 2.96. The van der Waals surface area contributed by atoms with E-state index in [1.807, 2.05) is 12.1 Å². The number of piperidine rings is 1. The van der Waals surface area contributed by atoms with Gasteiger partial charge in [0.2, 0.25) is 0 Å². The summed E-state index contributed by atoms with van der Waals surface area (Å²) in [6.45, 7) is 4.46. The van der Waals surface area contributed by atoms with Gasteiger partial charge in [0.1, 0.15) is 18.1 Å². The van der Waals surface area contributed by atoms with Gasteiger partial charge < -0.3 is 19.4 Å². The highest BCUT2D eigenvalue weighted by atomic mass is 16.5. The number of nitrogens with zero attached hydrogens (tertiary/aromatic N) is 1. The second-order valence-electron chi connectivity index (χ2n) is 6.60. The Kier molecular flexibility index (Phi) is 5.76. The van der Waals surface area contributed by atoms with Crippen LogP contribution in [0, 0.1) is 0 Å². The van der Waals surface area contributed by atoms with Crippen LogP contribution in [0.25, 0.3) is 0 Å². The standard InChI is InChI=1S/C20H26N2O3/c1-3-15-4-6-17(7-5-15)24-14-18-8-9-19(25-18)20(23)21-16-10-12-22(2)13-11-16/h4-9,16H,3,10-14H2,1-2H3,(H,21,23). The summed E-state index contributed by atoms with van der Waals surface area (Å²) in [4.78, 5) is 14.6. The minimum Gasteiger partial charge on any atom is -0.486 e. The molecule has 0 atom stereocenters. The van der Waals surface area contributed by atoms with E-state index in [0.717, 1.165) is 38.1 Å². The van der Waals surface area contributed by atoms with E-state index in [-0.39, 0.29) is 11.9 Å². The SMILES string of the molecule is CCc1ccc(OCc2ccc(C(=O)NC3CCN(C)CC3)o2)cc1. The maximum absolute atomic E-state index is 12.3. The zero-order chi connectivity index (χ0) is 17.6. The Bertz CT molecular complexity index is 685. The molecule has 1 N–H and O–H groups in total. The molecule has 0 saturated carbocycles. The van der Waals surface area contributed by atoms with Gasteiger partial charge in [-0.15, -0.1) is 0 Å². The summed E-state index contributed by atoms with van der Waals surface area (Å²) < 4.78 is 11.3. The van der Waals surface area contributed by atoms with Crippen LogP contribution in [0.5, 0.6) is 5.75 Å². The molecule has 3 rings (SSSR count). The Hall–Kier alpha value is -2.27. The van der Waals surface area contributed by atoms with Crippen LogP contribution < -0.4 is 10.1 Å². The molecule has 1 fully saturated rings. The molecule has 134 valence electrons. The van der Waals surface area contributed by atoms with E-state index in [1.54, 1.807) is 12.1 Å². The predicted molar refractivity (Wildman–Crippen MR) is 96.8 cm³/mol. The van der Waals surface area contributed by atoms with Crippen LogP contribution >= 0.6 is 0 Å². The van der Waals surface area contributed by atoms with Crippen LogP contribution in [-0.2, 0) is 13.0 Å². The van der Waals surface area contributed by atoms with Gasteiger partial charge in [-0.2, -0.15) is 0 Å². The van der Waals surface area contributed by atoms with Crippen molar-refractivity contribution in [2.24, 2.45) is 0 Å². The van der Waals surface area contributed by atoms with E-state index in [1.165, 1.54) is 5.56 Å². The lowest BCUT2D eigenvalue weighted by Gasteiger charge is -2.29. The van der Waals surface area contributed by atoms with Gasteiger partial charge in [0, 0.05) is 6.04 Å². The number of benzene rings is 1. The Morgan fingerprint density at radius 2 is 1.92 bits per heavy atom. The fourth-order valence-corrected chi connectivity index (χ4v) is 2.96. The monoisotopic (exact) mass is 342 g/mol. The van der Waals surface area contributed by atoms with Crippen molar-refractivity contribution in [3.05, 3.63) is 53.5 Å². The first-order chi connectivity index (χ1) is 12.1. The lowest BCUT2D eigenvalue weighted by molar-refractivity contribution is 0.0884. The van der Waals surface area contributed by atoms with E-state index in [4.69, 9.17) is 9.15 Å². The summed E-state index contributed by atoms with van der Waals surface area (Å²) in [5, 5.41) is 3.06. The Morgan fingerprint density at radius 1 is 1.20 bits per heavy atom. The molecule has 1 saturated heterocycles. The van der Waals surface area contributed by atoms with Gasteiger partial charge in [-0.1, -0.05) is 19.1 Å². The molecule has 1 aromatic heterocycles. The third-order valence-corrected chi connectivity index (χ3v) is 4.65. The van der Waals surface area contributed by atoms with Gasteiger partial charge in [0.15, 0.2) is 5.76 Å². The number of carbonyl (C=O) groups excluding carboxylic acids is 1. The fraction of sp³-hybridized carbons (Fsp3) is 0.450. The molecule has 1 aromatic carbocycles. The van der Waals surface area contributed by atoms with Crippen LogP contribution in [0.3, 0.4) is 0 Å². The Balaban J connectivity index is 1.50. The summed E-state index contributed by atoms with van der Waals surface area (Å²) in [5.74, 6) is 1.64. The molecule has 0 spiro atoms. The van der Waals surface area contributed by atoms with Crippen LogP contribution in [-0.4, -0.2) is 37.0 Å². The molecule has 1 aliphatic rings. The van der Waals surface area contributed by atoms with E-state index in [0.29, 0.717) is 18.1 Å². The summed E-state index contributed by atoms with van der Waals surface area (Å²) in [5.41, 5.74) is 1.28. The average molecular weight is 342 g/mol. The number of furan rings is 1. The highest BCUT2D eigenvalue weighted by molar-refractivity contribution is 5.91. The van der Waals surface area contributed by atoms with Crippen LogP contribution in [0.1, 0.15) is 41.6 Å². The van der Waals surface area contributed by atoms with Crippen molar-refractivity contribution >= 4 is 5.91 Å². The third kappa shape index (κ3) is 4.86. The molecule has 5 nitrogen and oxygen atoms in total. The largest absolute Gasteiger partial charge is 0.486 e. The normalized spacial score (nSPS) is 15.9. The highest BCUT2D eigenvalue weighted by Crippen LogP contribution is 2.16. The first kappa shape index (κ1) is 17.5. The summed E-state index contributed by atoms with van der Waals surface area (Å²) in [6, 6.07) is 11.7. The van der Waals surface area contributed by atoms with E-state index < -0.39 is 0 Å². The number of hydrogen-bond acceptors (Lipinski definition) is 4. The van der Waals surface area contributed by atoms with Crippen LogP contribution in [0.2, 0.25) is 0 Å². The number of nitrogens with one attached hydrogen (secondary N) is 1. The smallest absolute Gasteiger partial charge is 0.287 e. The molecule has 2 heterocycles. The molecule has 2 aromatic rings. The number of aryl methyl sites for hydroxylation is 1. The number of hydrogen-bond donors (Lipinski definition) is 1. The first-order valence-corrected chi connectivity index (χ1v) is 8.94. The van der Waals surface area contributed by atoms with Crippen molar-refractivity contribution < 1.29 is 13.9 Å². The second-order valence-corrected chi connectivity index (χ2v) is 6.60. The molecule has 0 aliphatic carbocycles. The molecule has 0 bridgehead atoms. The summed E-state index contributed by atoms with van der Waals surface area (Å²) in [7, 11) is 2.10. The summed E-state index contributed by atoms with van der Waals surface area (Å²) in [6.07, 6.45) is 2.97. The van der Waals surface area contributed by atoms with Crippen molar-refractivity contribution in [1.29, 1.82) is 0 Å². The minimum atomic E-state index is -0.145. The molecule has 0 unspecified atom stereocenters. The molecular weight excluding hydrogens is 316 g/mol. The first-order valence-electron chi connectivity index (χ1n) is 8.94. The lowest BCUT2D eigenvalue weighted by atomic mass is 10.1. The topological polar surface area (TPSA) is 54.7 Å². The zero-order valence-corrected chi connectivity index (χ0v) is 15.0. The lowest BCUT2D eigenvalue weighted by Crippen LogP contribution is -2.43. The molecule has 0 radical (unpaired) electrons. The third-order valence-electron chi connectivity index (χ3n) is 4.65. The van der Waals surface area contributed by atoms with Crippen molar-refractivity contribution in [3.8, 4) is 5.75 Å². The zero-order valence-electron chi connectivity index (χ0n) is 15.0. The van der Waals surface area contributed by atoms with Crippen LogP contribution in [0.4, 0.5) is 0 Å². The average Bonchev–Trinajstić information content (AvgIpc) is 3.11. The molecule has 1 aliphatic heterocycles. The maximum atomic E-state index is 12.3. The van der Waals surface area contributed by atoms with Gasteiger partial charge in [0.05, 0.1) is 0 Å². The molecule has 1 amide bonds. The van der Waals surface area contributed by atoms with Crippen LogP contribution in [0.15, 0.2) is 40.8 Å². The molecular formula is C20H26N2O3. The molecule has 5 heteroatoms. The van der Waals surface area contributed by atoms with E-state index in [2.05, 4.69) is 36.3 Å². The van der Waals surface area contributed by atoms with Gasteiger partial charge in [0.25, 0.3) is 5.91 Å². The van der Waals surface area contributed by atoms with Crippen molar-refractivity contribution in [2.75, 3.05) is 20.1 Å². The number of rotatable bonds is 6. The highest BCUT2D eigenvalue weighted by Gasteiger charge is 2.20. The van der Waals surface area contributed by atoms with Gasteiger partial charge >= 0.3 is 0 Å². The van der Waals surface area contributed by atoms with Crippen molar-refractivity contribution in [3.63, 3.8) is 0 Å². The maximum Gasteiger partial charge on any atom is 0.287 e. The number of ether oxygens (including phenoxy) is 1. The summed E-state index contributed by atoms with van der Waals surface area (Å²) >= 11 is 0. The minimum absolute atomic E-state index is 0.145. The number of likely N-dealkylation sites (tertiary alicyclic amines) is 1. The predicted octanol–water partition coefficient (Wildman–Crippen LogP) is 3.25. The van der Waals surface area contributed by atoms with E-state index in [9.17, 15) is 4.79 Å². The number of carbonyl (C=O) groups is 1. The number of amides is 1. The van der Waals surface area contributed by atoms with Crippen molar-refractivity contribution in [1.82, 2.24) is 10.2 Å². The Labute approximate surface area is 149 Å². The van der Waals surface area contributed by atoms with Crippen molar-refractivity contribution in [2.45, 2.75) is 38.8 Å². The molecule has 25 heavy (non-hydrogen) atoms. The van der Waals surface area contributed by atoms with Gasteiger partial charge in [-0.25, -0.2) is 0 Å². The van der Waals surface area contributed by atoms with Gasteiger partial charge in [-0.3, -0.25) is 4.79 Å². The van der Waals surface area contributed by atoms with E-state index >= 15 is 0 Å². The van der Waals surface area contributed by atoms with Gasteiger partial charge in [-0.05, 0) is 69.2 Å².